The molecule has 0 saturated carbocycles. The summed E-state index contributed by atoms with van der Waals surface area (Å²) in [4.78, 5) is 8.67. The SMILES string of the molecule is Nc1nc2ccccc2nc1Nc1cc(F)ccc1Br. The number of rotatable bonds is 2. The van der Waals surface area contributed by atoms with Gasteiger partial charge in [-0.25, -0.2) is 14.4 Å². The van der Waals surface area contributed by atoms with Gasteiger partial charge in [-0.2, -0.15) is 0 Å². The van der Waals surface area contributed by atoms with Gasteiger partial charge in [0.25, 0.3) is 0 Å². The van der Waals surface area contributed by atoms with Gasteiger partial charge < -0.3 is 11.1 Å². The van der Waals surface area contributed by atoms with E-state index in [1.807, 2.05) is 24.3 Å². The number of para-hydroxylation sites is 2. The second-order valence-electron chi connectivity index (χ2n) is 4.20. The molecule has 0 bridgehead atoms. The summed E-state index contributed by atoms with van der Waals surface area (Å²) in [7, 11) is 0. The Kier molecular flexibility index (Phi) is 3.23. The van der Waals surface area contributed by atoms with Crippen molar-refractivity contribution < 1.29 is 4.39 Å². The van der Waals surface area contributed by atoms with Gasteiger partial charge >= 0.3 is 0 Å². The number of benzene rings is 2. The Labute approximate surface area is 123 Å². The summed E-state index contributed by atoms with van der Waals surface area (Å²) in [5.41, 5.74) is 7.86. The zero-order valence-electron chi connectivity index (χ0n) is 10.3. The Morgan fingerprint density at radius 3 is 2.50 bits per heavy atom. The first-order valence-electron chi connectivity index (χ1n) is 5.88. The maximum atomic E-state index is 13.3. The van der Waals surface area contributed by atoms with Crippen LogP contribution in [-0.4, -0.2) is 9.97 Å². The minimum absolute atomic E-state index is 0.264. The summed E-state index contributed by atoms with van der Waals surface area (Å²) in [5.74, 6) is 0.317. The van der Waals surface area contributed by atoms with Gasteiger partial charge in [0, 0.05) is 4.47 Å². The highest BCUT2D eigenvalue weighted by Crippen LogP contribution is 2.28. The molecule has 6 heteroatoms. The number of halogens is 2. The first-order chi connectivity index (χ1) is 9.63. The summed E-state index contributed by atoms with van der Waals surface area (Å²) < 4.78 is 14.0. The lowest BCUT2D eigenvalue weighted by Crippen LogP contribution is -2.03. The van der Waals surface area contributed by atoms with Gasteiger partial charge in [-0.15, -0.1) is 0 Å². The number of nitrogens with zero attached hydrogens (tertiary/aromatic N) is 2. The van der Waals surface area contributed by atoms with E-state index in [0.29, 0.717) is 21.5 Å². The molecule has 0 aliphatic rings. The fourth-order valence-electron chi connectivity index (χ4n) is 1.83. The van der Waals surface area contributed by atoms with Crippen molar-refractivity contribution in [2.24, 2.45) is 0 Å². The van der Waals surface area contributed by atoms with Crippen molar-refractivity contribution in [2.75, 3.05) is 11.1 Å². The highest BCUT2D eigenvalue weighted by atomic mass is 79.9. The number of hydrogen-bond donors (Lipinski definition) is 2. The minimum atomic E-state index is -0.344. The Morgan fingerprint density at radius 2 is 1.75 bits per heavy atom. The normalized spacial score (nSPS) is 10.7. The van der Waals surface area contributed by atoms with E-state index in [0.717, 1.165) is 5.52 Å². The number of aromatic nitrogens is 2. The van der Waals surface area contributed by atoms with Crippen LogP contribution < -0.4 is 11.1 Å². The third-order valence-corrected chi connectivity index (χ3v) is 3.47. The summed E-state index contributed by atoms with van der Waals surface area (Å²) in [6.45, 7) is 0. The number of anilines is 3. The highest BCUT2D eigenvalue weighted by Gasteiger charge is 2.08. The Hall–Kier alpha value is -2.21. The molecule has 3 rings (SSSR count). The van der Waals surface area contributed by atoms with E-state index in [4.69, 9.17) is 5.73 Å². The first kappa shape index (κ1) is 12.8. The third kappa shape index (κ3) is 2.42. The van der Waals surface area contributed by atoms with Crippen LogP contribution >= 0.6 is 15.9 Å². The molecule has 1 aromatic heterocycles. The summed E-state index contributed by atoms with van der Waals surface area (Å²) in [6.07, 6.45) is 0. The van der Waals surface area contributed by atoms with Crippen LogP contribution in [0.15, 0.2) is 46.9 Å². The van der Waals surface area contributed by atoms with E-state index < -0.39 is 0 Å². The van der Waals surface area contributed by atoms with Crippen molar-refractivity contribution in [1.82, 2.24) is 9.97 Å². The highest BCUT2D eigenvalue weighted by molar-refractivity contribution is 9.10. The third-order valence-electron chi connectivity index (χ3n) is 2.78. The number of nitrogens with two attached hydrogens (primary N) is 1. The van der Waals surface area contributed by atoms with E-state index in [2.05, 4.69) is 31.2 Å². The van der Waals surface area contributed by atoms with Gasteiger partial charge in [-0.05, 0) is 46.3 Å². The van der Waals surface area contributed by atoms with E-state index in [1.54, 1.807) is 6.07 Å². The molecule has 0 aliphatic carbocycles. The summed E-state index contributed by atoms with van der Waals surface area (Å²) in [6, 6.07) is 11.8. The standard InChI is InChI=1S/C14H10BrFN4/c15-9-6-5-8(16)7-12(9)20-14-13(17)18-10-3-1-2-4-11(10)19-14/h1-7H,(H2,17,18)(H,19,20). The zero-order chi connectivity index (χ0) is 14.1. The van der Waals surface area contributed by atoms with Crippen molar-refractivity contribution in [1.29, 1.82) is 0 Å². The Balaban J connectivity index is 2.06. The predicted octanol–water partition coefficient (Wildman–Crippen LogP) is 3.86. The summed E-state index contributed by atoms with van der Waals surface area (Å²) in [5, 5.41) is 2.99. The van der Waals surface area contributed by atoms with Crippen molar-refractivity contribution in [3.05, 3.63) is 52.8 Å². The number of nitrogen functional groups attached to an aromatic ring is 1. The van der Waals surface area contributed by atoms with Crippen molar-refractivity contribution in [2.45, 2.75) is 0 Å². The molecular weight excluding hydrogens is 323 g/mol. The van der Waals surface area contributed by atoms with Gasteiger partial charge in [0.15, 0.2) is 11.6 Å². The average Bonchev–Trinajstić information content (AvgIpc) is 2.43. The van der Waals surface area contributed by atoms with Crippen LogP contribution in [0.1, 0.15) is 0 Å². The molecule has 0 saturated heterocycles. The molecule has 2 aromatic carbocycles. The fraction of sp³-hybridized carbons (Fsp3) is 0. The van der Waals surface area contributed by atoms with Crippen LogP contribution in [0.2, 0.25) is 0 Å². The molecule has 0 spiro atoms. The smallest absolute Gasteiger partial charge is 0.174 e. The number of nitrogens with one attached hydrogen (secondary N) is 1. The van der Waals surface area contributed by atoms with Gasteiger partial charge in [0.2, 0.25) is 0 Å². The Bertz CT molecular complexity index is 791. The quantitative estimate of drug-likeness (QED) is 0.748. The molecule has 0 fully saturated rings. The molecular formula is C14H10BrFN4. The number of fused-ring (bicyclic) bond motifs is 1. The van der Waals surface area contributed by atoms with Crippen LogP contribution in [0.5, 0.6) is 0 Å². The molecule has 0 atom stereocenters. The van der Waals surface area contributed by atoms with E-state index in [1.165, 1.54) is 12.1 Å². The Morgan fingerprint density at radius 1 is 1.05 bits per heavy atom. The fourth-order valence-corrected chi connectivity index (χ4v) is 2.17. The molecule has 20 heavy (non-hydrogen) atoms. The maximum Gasteiger partial charge on any atom is 0.174 e. The predicted molar refractivity (Wildman–Crippen MR) is 81.3 cm³/mol. The largest absolute Gasteiger partial charge is 0.381 e. The van der Waals surface area contributed by atoms with Gasteiger partial charge in [-0.1, -0.05) is 12.1 Å². The average molecular weight is 333 g/mol. The lowest BCUT2D eigenvalue weighted by atomic mass is 10.3. The van der Waals surface area contributed by atoms with Crippen molar-refractivity contribution in [3.8, 4) is 0 Å². The van der Waals surface area contributed by atoms with Crippen molar-refractivity contribution >= 4 is 44.3 Å². The molecule has 0 unspecified atom stereocenters. The second kappa shape index (κ2) is 5.05. The first-order valence-corrected chi connectivity index (χ1v) is 6.67. The second-order valence-corrected chi connectivity index (χ2v) is 5.05. The maximum absolute atomic E-state index is 13.3. The van der Waals surface area contributed by atoms with Gasteiger partial charge in [0.05, 0.1) is 16.7 Å². The molecule has 4 nitrogen and oxygen atoms in total. The van der Waals surface area contributed by atoms with Crippen molar-refractivity contribution in [3.63, 3.8) is 0 Å². The molecule has 3 aromatic rings. The van der Waals surface area contributed by atoms with Crippen LogP contribution in [0.4, 0.5) is 21.7 Å². The molecule has 0 amide bonds. The van der Waals surface area contributed by atoms with Gasteiger partial charge in [-0.3, -0.25) is 0 Å². The summed E-state index contributed by atoms with van der Waals surface area (Å²) >= 11 is 3.34. The van der Waals surface area contributed by atoms with E-state index in [9.17, 15) is 4.39 Å². The van der Waals surface area contributed by atoms with Crippen LogP contribution in [0.3, 0.4) is 0 Å². The van der Waals surface area contributed by atoms with Crippen LogP contribution in [0, 0.1) is 5.82 Å². The molecule has 100 valence electrons. The van der Waals surface area contributed by atoms with E-state index in [-0.39, 0.29) is 11.6 Å². The topological polar surface area (TPSA) is 63.8 Å². The van der Waals surface area contributed by atoms with E-state index >= 15 is 0 Å². The van der Waals surface area contributed by atoms with Crippen LogP contribution in [0.25, 0.3) is 11.0 Å². The molecule has 0 radical (unpaired) electrons. The molecule has 3 N–H and O–H groups in total. The number of hydrogen-bond acceptors (Lipinski definition) is 4. The zero-order valence-corrected chi connectivity index (χ0v) is 11.9. The lowest BCUT2D eigenvalue weighted by Gasteiger charge is -2.10. The molecule has 1 heterocycles. The monoisotopic (exact) mass is 332 g/mol. The minimum Gasteiger partial charge on any atom is -0.381 e. The van der Waals surface area contributed by atoms with Gasteiger partial charge in [0.1, 0.15) is 5.82 Å². The lowest BCUT2D eigenvalue weighted by molar-refractivity contribution is 0.628. The molecule has 0 aliphatic heterocycles. The van der Waals surface area contributed by atoms with Crippen LogP contribution in [-0.2, 0) is 0 Å².